The van der Waals surface area contributed by atoms with E-state index in [0.29, 0.717) is 5.56 Å². The second-order valence-corrected chi connectivity index (χ2v) is 6.73. The Bertz CT molecular complexity index is 687. The third-order valence-electron chi connectivity index (χ3n) is 3.24. The fourth-order valence-corrected chi connectivity index (χ4v) is 2.01. The van der Waals surface area contributed by atoms with Crippen molar-refractivity contribution in [1.82, 2.24) is 10.6 Å². The van der Waals surface area contributed by atoms with Crippen molar-refractivity contribution in [3.8, 4) is 6.07 Å². The summed E-state index contributed by atoms with van der Waals surface area (Å²) in [7, 11) is 0. The number of nitrogens with one attached hydrogen (secondary N) is 2. The van der Waals surface area contributed by atoms with Crippen molar-refractivity contribution < 1.29 is 19.1 Å². The molecule has 1 aromatic rings. The van der Waals surface area contributed by atoms with Gasteiger partial charge < -0.3 is 21.1 Å². The molecular weight excluding hydrogens is 336 g/mol. The van der Waals surface area contributed by atoms with E-state index in [-0.39, 0.29) is 19.4 Å². The highest BCUT2D eigenvalue weighted by Gasteiger charge is 2.24. The molecule has 0 radical (unpaired) electrons. The summed E-state index contributed by atoms with van der Waals surface area (Å²) in [4.78, 5) is 35.3. The number of nitriles is 1. The van der Waals surface area contributed by atoms with E-state index in [2.05, 4.69) is 10.6 Å². The van der Waals surface area contributed by atoms with Crippen molar-refractivity contribution in [3.05, 3.63) is 35.4 Å². The zero-order chi connectivity index (χ0) is 19.7. The first-order chi connectivity index (χ1) is 12.1. The van der Waals surface area contributed by atoms with Crippen LogP contribution in [0.5, 0.6) is 0 Å². The van der Waals surface area contributed by atoms with E-state index < -0.39 is 29.6 Å². The summed E-state index contributed by atoms with van der Waals surface area (Å²) in [5.74, 6) is -1.03. The Morgan fingerprint density at radius 2 is 1.85 bits per heavy atom. The normalized spacial score (nSPS) is 11.8. The Labute approximate surface area is 152 Å². The minimum atomic E-state index is -0.948. The van der Waals surface area contributed by atoms with Gasteiger partial charge in [0.25, 0.3) is 0 Å². The topological polar surface area (TPSA) is 134 Å². The highest BCUT2D eigenvalue weighted by atomic mass is 16.6. The van der Waals surface area contributed by atoms with Crippen molar-refractivity contribution in [3.63, 3.8) is 0 Å². The van der Waals surface area contributed by atoms with E-state index in [1.165, 1.54) is 0 Å². The Balaban J connectivity index is 2.68. The fraction of sp³-hybridized carbons (Fsp3) is 0.444. The van der Waals surface area contributed by atoms with Crippen LogP contribution in [-0.2, 0) is 20.9 Å². The molecule has 8 heteroatoms. The maximum atomic E-state index is 12.4. The number of amides is 3. The number of nitrogens with zero attached hydrogens (tertiary/aromatic N) is 1. The molecule has 140 valence electrons. The molecule has 0 aliphatic rings. The monoisotopic (exact) mass is 360 g/mol. The van der Waals surface area contributed by atoms with Crippen LogP contribution < -0.4 is 16.4 Å². The Morgan fingerprint density at radius 1 is 1.23 bits per heavy atom. The average Bonchev–Trinajstić information content (AvgIpc) is 2.55. The summed E-state index contributed by atoms with van der Waals surface area (Å²) in [5.41, 5.74) is 5.73. The summed E-state index contributed by atoms with van der Waals surface area (Å²) in [5, 5.41) is 13.9. The quantitative estimate of drug-likeness (QED) is 0.674. The molecule has 0 unspecified atom stereocenters. The van der Waals surface area contributed by atoms with E-state index in [4.69, 9.17) is 15.7 Å². The molecule has 1 aromatic carbocycles. The molecule has 0 aliphatic carbocycles. The Kier molecular flexibility index (Phi) is 7.59. The molecule has 26 heavy (non-hydrogen) atoms. The lowest BCUT2D eigenvalue weighted by Gasteiger charge is -2.23. The largest absolute Gasteiger partial charge is 0.444 e. The van der Waals surface area contributed by atoms with Crippen LogP contribution in [0, 0.1) is 11.3 Å². The maximum Gasteiger partial charge on any atom is 0.408 e. The molecule has 0 saturated carbocycles. The predicted octanol–water partition coefficient (Wildman–Crippen LogP) is 1.33. The molecule has 1 atom stereocenters. The predicted molar refractivity (Wildman–Crippen MR) is 94.6 cm³/mol. The number of nitrogens with two attached hydrogens (primary N) is 1. The highest BCUT2D eigenvalue weighted by molar-refractivity contribution is 5.86. The van der Waals surface area contributed by atoms with Crippen molar-refractivity contribution in [1.29, 1.82) is 5.26 Å². The first-order valence-electron chi connectivity index (χ1n) is 8.15. The van der Waals surface area contributed by atoms with Crippen molar-refractivity contribution in [2.24, 2.45) is 5.73 Å². The zero-order valence-electron chi connectivity index (χ0n) is 15.2. The van der Waals surface area contributed by atoms with Crippen LogP contribution in [0.15, 0.2) is 24.3 Å². The molecule has 0 bridgehead atoms. The molecule has 0 spiro atoms. The van der Waals surface area contributed by atoms with Gasteiger partial charge in [-0.2, -0.15) is 5.26 Å². The van der Waals surface area contributed by atoms with Crippen molar-refractivity contribution in [2.75, 3.05) is 0 Å². The van der Waals surface area contributed by atoms with Gasteiger partial charge in [-0.1, -0.05) is 12.1 Å². The van der Waals surface area contributed by atoms with Crippen LogP contribution in [0.2, 0.25) is 0 Å². The third kappa shape index (κ3) is 8.15. The van der Waals surface area contributed by atoms with E-state index in [1.807, 2.05) is 6.07 Å². The van der Waals surface area contributed by atoms with Gasteiger partial charge in [-0.3, -0.25) is 9.59 Å². The summed E-state index contributed by atoms with van der Waals surface area (Å²) in [6, 6.07) is 7.79. The number of alkyl carbamates (subject to hydrolysis) is 1. The second-order valence-electron chi connectivity index (χ2n) is 6.73. The van der Waals surface area contributed by atoms with E-state index in [1.54, 1.807) is 45.0 Å². The summed E-state index contributed by atoms with van der Waals surface area (Å²) < 4.78 is 5.14. The second kappa shape index (κ2) is 9.42. The number of primary amides is 1. The van der Waals surface area contributed by atoms with Crippen LogP contribution >= 0.6 is 0 Å². The number of hydrogen-bond donors (Lipinski definition) is 3. The van der Waals surface area contributed by atoms with E-state index >= 15 is 0 Å². The van der Waals surface area contributed by atoms with Gasteiger partial charge in [0.2, 0.25) is 11.8 Å². The van der Waals surface area contributed by atoms with Crippen LogP contribution in [0.1, 0.15) is 44.7 Å². The molecule has 0 fully saturated rings. The lowest BCUT2D eigenvalue weighted by Crippen LogP contribution is -2.48. The smallest absolute Gasteiger partial charge is 0.408 e. The number of rotatable bonds is 7. The summed E-state index contributed by atoms with van der Waals surface area (Å²) >= 11 is 0. The van der Waals surface area contributed by atoms with Crippen LogP contribution in [-0.4, -0.2) is 29.6 Å². The minimum Gasteiger partial charge on any atom is -0.444 e. The molecule has 0 heterocycles. The van der Waals surface area contributed by atoms with E-state index in [0.717, 1.165) is 5.56 Å². The van der Waals surface area contributed by atoms with Crippen LogP contribution in [0.3, 0.4) is 0 Å². The van der Waals surface area contributed by atoms with Gasteiger partial charge >= 0.3 is 6.09 Å². The number of benzene rings is 1. The standard InChI is InChI=1S/C18H24N4O4/c1-18(2,3)26-17(25)22-14(8-9-15(20)23)16(24)21-11-13-6-4-12(10-19)5-7-13/h4-7,14H,8-9,11H2,1-3H3,(H2,20,23)(H,21,24)(H,22,25)/t14-/m0/s1. The van der Waals surface area contributed by atoms with Crippen LogP contribution in [0.25, 0.3) is 0 Å². The van der Waals surface area contributed by atoms with Gasteiger partial charge in [0, 0.05) is 13.0 Å². The van der Waals surface area contributed by atoms with Gasteiger partial charge in [0.15, 0.2) is 0 Å². The van der Waals surface area contributed by atoms with Gasteiger partial charge in [0.05, 0.1) is 11.6 Å². The summed E-state index contributed by atoms with van der Waals surface area (Å²) in [6.07, 6.45) is -0.737. The van der Waals surface area contributed by atoms with Gasteiger partial charge in [0.1, 0.15) is 11.6 Å². The highest BCUT2D eigenvalue weighted by Crippen LogP contribution is 2.08. The van der Waals surface area contributed by atoms with Crippen molar-refractivity contribution >= 4 is 17.9 Å². The van der Waals surface area contributed by atoms with Gasteiger partial charge in [-0.15, -0.1) is 0 Å². The minimum absolute atomic E-state index is 0.0508. The molecule has 0 aromatic heterocycles. The number of ether oxygens (including phenoxy) is 1. The number of hydrogen-bond acceptors (Lipinski definition) is 5. The summed E-state index contributed by atoms with van der Waals surface area (Å²) in [6.45, 7) is 5.33. The molecule has 3 amide bonds. The third-order valence-corrected chi connectivity index (χ3v) is 3.24. The zero-order valence-corrected chi connectivity index (χ0v) is 15.2. The molecule has 4 N–H and O–H groups in total. The van der Waals surface area contributed by atoms with Crippen molar-refractivity contribution in [2.45, 2.75) is 51.8 Å². The molecule has 1 rings (SSSR count). The Hall–Kier alpha value is -3.08. The average molecular weight is 360 g/mol. The molecule has 0 aliphatic heterocycles. The van der Waals surface area contributed by atoms with Crippen LogP contribution in [0.4, 0.5) is 4.79 Å². The fourth-order valence-electron chi connectivity index (χ4n) is 2.01. The van der Waals surface area contributed by atoms with Gasteiger partial charge in [-0.05, 0) is 44.9 Å². The SMILES string of the molecule is CC(C)(C)OC(=O)N[C@@H](CCC(N)=O)C(=O)NCc1ccc(C#N)cc1. The van der Waals surface area contributed by atoms with Gasteiger partial charge in [-0.25, -0.2) is 4.79 Å². The molecule has 0 saturated heterocycles. The first kappa shape index (κ1) is 21.0. The molecular formula is C18H24N4O4. The lowest BCUT2D eigenvalue weighted by atomic mass is 10.1. The number of carbonyl (C=O) groups is 3. The van der Waals surface area contributed by atoms with E-state index in [9.17, 15) is 14.4 Å². The maximum absolute atomic E-state index is 12.4. The Morgan fingerprint density at radius 3 is 2.35 bits per heavy atom. The number of carbonyl (C=O) groups excluding carboxylic acids is 3. The first-order valence-corrected chi connectivity index (χ1v) is 8.15. The molecule has 8 nitrogen and oxygen atoms in total. The lowest BCUT2D eigenvalue weighted by molar-refractivity contribution is -0.124.